The van der Waals surface area contributed by atoms with Gasteiger partial charge in [0.15, 0.2) is 11.5 Å². The second-order valence-corrected chi connectivity index (χ2v) is 5.79. The number of hydrogen-bond acceptors (Lipinski definition) is 6. The van der Waals surface area contributed by atoms with Crippen LogP contribution >= 0.6 is 0 Å². The predicted octanol–water partition coefficient (Wildman–Crippen LogP) is 2.45. The van der Waals surface area contributed by atoms with E-state index < -0.39 is 0 Å². The molecule has 6 nitrogen and oxygen atoms in total. The molecule has 0 saturated carbocycles. The minimum Gasteiger partial charge on any atom is -0.493 e. The normalized spacial score (nSPS) is 15.7. The van der Waals surface area contributed by atoms with E-state index in [-0.39, 0.29) is 11.7 Å². The lowest BCUT2D eigenvalue weighted by Crippen LogP contribution is -2.36. The molecule has 1 fully saturated rings. The van der Waals surface area contributed by atoms with Crippen molar-refractivity contribution in [2.45, 2.75) is 19.8 Å². The van der Waals surface area contributed by atoms with Crippen LogP contribution in [0.2, 0.25) is 0 Å². The third-order valence-corrected chi connectivity index (χ3v) is 4.49. The van der Waals surface area contributed by atoms with Crippen LogP contribution in [0.25, 0.3) is 10.9 Å². The third-order valence-electron chi connectivity index (χ3n) is 4.49. The quantitative estimate of drug-likeness (QED) is 0.863. The van der Waals surface area contributed by atoms with E-state index >= 15 is 0 Å². The maximum absolute atomic E-state index is 11.5. The Morgan fingerprint density at radius 1 is 1.13 bits per heavy atom. The van der Waals surface area contributed by atoms with Gasteiger partial charge in [-0.05, 0) is 25.8 Å². The number of ketones is 1. The van der Waals surface area contributed by atoms with Gasteiger partial charge in [-0.25, -0.2) is 9.97 Å². The molecule has 0 aliphatic carbocycles. The number of Topliss-reactive ketones (excluding diaryl/α,β-unsaturated/α-hetero) is 1. The fourth-order valence-corrected chi connectivity index (χ4v) is 3.12. The van der Waals surface area contributed by atoms with Gasteiger partial charge in [-0.15, -0.1) is 0 Å². The number of methoxy groups -OCH3 is 2. The van der Waals surface area contributed by atoms with E-state index in [1.807, 2.05) is 12.1 Å². The summed E-state index contributed by atoms with van der Waals surface area (Å²) >= 11 is 0. The smallest absolute Gasteiger partial charge is 0.162 e. The van der Waals surface area contributed by atoms with Crippen LogP contribution in [0.5, 0.6) is 11.5 Å². The molecule has 0 bridgehead atoms. The Balaban J connectivity index is 1.97. The zero-order chi connectivity index (χ0) is 16.4. The summed E-state index contributed by atoms with van der Waals surface area (Å²) in [6.07, 6.45) is 3.31. The van der Waals surface area contributed by atoms with Crippen molar-refractivity contribution in [2.24, 2.45) is 5.92 Å². The van der Waals surface area contributed by atoms with Crippen molar-refractivity contribution in [3.05, 3.63) is 18.5 Å². The molecule has 1 saturated heterocycles. The van der Waals surface area contributed by atoms with Gasteiger partial charge in [0.2, 0.25) is 0 Å². The largest absolute Gasteiger partial charge is 0.493 e. The Bertz CT molecular complexity index is 724. The van der Waals surface area contributed by atoms with Crippen molar-refractivity contribution in [1.82, 2.24) is 9.97 Å². The number of anilines is 1. The average molecular weight is 315 g/mol. The predicted molar refractivity (Wildman–Crippen MR) is 88.3 cm³/mol. The molecular formula is C17H21N3O3. The highest BCUT2D eigenvalue weighted by molar-refractivity contribution is 5.92. The topological polar surface area (TPSA) is 64.6 Å². The van der Waals surface area contributed by atoms with Crippen LogP contribution in [0, 0.1) is 5.92 Å². The van der Waals surface area contributed by atoms with E-state index in [1.54, 1.807) is 27.5 Å². The van der Waals surface area contributed by atoms with Crippen LogP contribution in [0.3, 0.4) is 0 Å². The Kier molecular flexibility index (Phi) is 4.32. The first-order chi connectivity index (χ1) is 11.1. The van der Waals surface area contributed by atoms with E-state index in [0.717, 1.165) is 42.7 Å². The molecule has 0 N–H and O–H groups in total. The number of hydrogen-bond donors (Lipinski definition) is 0. The van der Waals surface area contributed by atoms with Gasteiger partial charge in [-0.1, -0.05) is 0 Å². The van der Waals surface area contributed by atoms with Gasteiger partial charge in [0.1, 0.15) is 17.9 Å². The Hall–Kier alpha value is -2.37. The minimum atomic E-state index is 0.175. The molecule has 0 unspecified atom stereocenters. The standard InChI is InChI=1S/C17H21N3O3/c1-11(21)12-4-6-20(7-5-12)17-13-8-15(22-2)16(23-3)9-14(13)18-10-19-17/h8-10,12H,4-7H2,1-3H3. The van der Waals surface area contributed by atoms with Gasteiger partial charge >= 0.3 is 0 Å². The molecule has 122 valence electrons. The van der Waals surface area contributed by atoms with Gasteiger partial charge in [-0.3, -0.25) is 4.79 Å². The Morgan fingerprint density at radius 3 is 2.39 bits per heavy atom. The number of nitrogens with zero attached hydrogens (tertiary/aromatic N) is 3. The number of rotatable bonds is 4. The zero-order valence-electron chi connectivity index (χ0n) is 13.7. The van der Waals surface area contributed by atoms with E-state index in [4.69, 9.17) is 9.47 Å². The van der Waals surface area contributed by atoms with Crippen molar-refractivity contribution in [3.8, 4) is 11.5 Å². The zero-order valence-corrected chi connectivity index (χ0v) is 13.7. The van der Waals surface area contributed by atoms with E-state index in [2.05, 4.69) is 14.9 Å². The molecule has 1 aliphatic rings. The average Bonchev–Trinajstić information content (AvgIpc) is 2.60. The third kappa shape index (κ3) is 2.93. The molecule has 0 atom stereocenters. The highest BCUT2D eigenvalue weighted by Gasteiger charge is 2.24. The fourth-order valence-electron chi connectivity index (χ4n) is 3.12. The molecule has 1 aliphatic heterocycles. The molecule has 0 spiro atoms. The number of piperidine rings is 1. The molecule has 2 aromatic rings. The highest BCUT2D eigenvalue weighted by atomic mass is 16.5. The molecule has 1 aromatic carbocycles. The maximum Gasteiger partial charge on any atom is 0.162 e. The number of aromatic nitrogens is 2. The van der Waals surface area contributed by atoms with Crippen LogP contribution in [0.1, 0.15) is 19.8 Å². The van der Waals surface area contributed by atoms with Crippen LogP contribution < -0.4 is 14.4 Å². The van der Waals surface area contributed by atoms with Gasteiger partial charge < -0.3 is 14.4 Å². The molecule has 1 aromatic heterocycles. The van der Waals surface area contributed by atoms with Crippen LogP contribution in [-0.2, 0) is 4.79 Å². The van der Waals surface area contributed by atoms with Crippen molar-refractivity contribution in [1.29, 1.82) is 0 Å². The van der Waals surface area contributed by atoms with Crippen LogP contribution in [-0.4, -0.2) is 43.1 Å². The van der Waals surface area contributed by atoms with Gasteiger partial charge in [-0.2, -0.15) is 0 Å². The SMILES string of the molecule is COc1cc2ncnc(N3CCC(C(C)=O)CC3)c2cc1OC. The molecular weight excluding hydrogens is 294 g/mol. The summed E-state index contributed by atoms with van der Waals surface area (Å²) in [5, 5.41) is 0.937. The van der Waals surface area contributed by atoms with Gasteiger partial charge in [0, 0.05) is 30.5 Å². The first kappa shape index (κ1) is 15.5. The van der Waals surface area contributed by atoms with E-state index in [1.165, 1.54) is 0 Å². The van der Waals surface area contributed by atoms with Crippen LogP contribution in [0.15, 0.2) is 18.5 Å². The summed E-state index contributed by atoms with van der Waals surface area (Å²) in [7, 11) is 3.23. The first-order valence-corrected chi connectivity index (χ1v) is 7.76. The number of fused-ring (bicyclic) bond motifs is 1. The lowest BCUT2D eigenvalue weighted by molar-refractivity contribution is -0.121. The van der Waals surface area contributed by atoms with Crippen molar-refractivity contribution in [2.75, 3.05) is 32.2 Å². The van der Waals surface area contributed by atoms with Gasteiger partial charge in [0.25, 0.3) is 0 Å². The lowest BCUT2D eigenvalue weighted by Gasteiger charge is -2.32. The molecule has 0 amide bonds. The Morgan fingerprint density at radius 2 is 1.78 bits per heavy atom. The number of ether oxygens (including phenoxy) is 2. The minimum absolute atomic E-state index is 0.175. The van der Waals surface area contributed by atoms with Crippen molar-refractivity contribution < 1.29 is 14.3 Å². The second kappa shape index (κ2) is 6.40. The molecule has 2 heterocycles. The van der Waals surface area contributed by atoms with Gasteiger partial charge in [0.05, 0.1) is 19.7 Å². The number of carbonyl (C=O) groups is 1. The molecule has 0 radical (unpaired) electrons. The molecule has 3 rings (SSSR count). The summed E-state index contributed by atoms with van der Waals surface area (Å²) in [5.74, 6) is 2.66. The van der Waals surface area contributed by atoms with Crippen molar-refractivity contribution >= 4 is 22.5 Å². The Labute approximate surface area is 135 Å². The fraction of sp³-hybridized carbons (Fsp3) is 0.471. The number of benzene rings is 1. The van der Waals surface area contributed by atoms with E-state index in [9.17, 15) is 4.79 Å². The van der Waals surface area contributed by atoms with E-state index in [0.29, 0.717) is 11.5 Å². The summed E-state index contributed by atoms with van der Waals surface area (Å²) in [5.41, 5.74) is 0.821. The summed E-state index contributed by atoms with van der Waals surface area (Å²) in [6.45, 7) is 3.33. The second-order valence-electron chi connectivity index (χ2n) is 5.79. The highest BCUT2D eigenvalue weighted by Crippen LogP contribution is 2.35. The monoisotopic (exact) mass is 315 g/mol. The van der Waals surface area contributed by atoms with Crippen LogP contribution in [0.4, 0.5) is 5.82 Å². The molecule has 23 heavy (non-hydrogen) atoms. The number of carbonyl (C=O) groups excluding carboxylic acids is 1. The van der Waals surface area contributed by atoms with Crippen molar-refractivity contribution in [3.63, 3.8) is 0 Å². The summed E-state index contributed by atoms with van der Waals surface area (Å²) in [4.78, 5) is 22.6. The lowest BCUT2D eigenvalue weighted by atomic mass is 9.93. The summed E-state index contributed by atoms with van der Waals surface area (Å²) < 4.78 is 10.7. The maximum atomic E-state index is 11.5. The molecule has 6 heteroatoms. The first-order valence-electron chi connectivity index (χ1n) is 7.76. The summed E-state index contributed by atoms with van der Waals surface area (Å²) in [6, 6.07) is 3.78.